The molecule has 33 heavy (non-hydrogen) atoms. The van der Waals surface area contributed by atoms with Crippen LogP contribution in [0, 0.1) is 6.92 Å². The summed E-state index contributed by atoms with van der Waals surface area (Å²) in [6, 6.07) is 19.6. The van der Waals surface area contributed by atoms with Gasteiger partial charge in [-0.25, -0.2) is 4.68 Å². The Morgan fingerprint density at radius 1 is 1.00 bits per heavy atom. The van der Waals surface area contributed by atoms with E-state index in [9.17, 15) is 4.79 Å². The van der Waals surface area contributed by atoms with Gasteiger partial charge in [0, 0.05) is 31.6 Å². The maximum absolute atomic E-state index is 13.2. The van der Waals surface area contributed by atoms with Crippen LogP contribution in [0.5, 0.6) is 11.5 Å². The number of carbonyl (C=O) groups excluding carboxylic acids is 1. The van der Waals surface area contributed by atoms with Crippen LogP contribution < -0.4 is 9.47 Å². The molecular weight excluding hydrogens is 436 g/mol. The van der Waals surface area contributed by atoms with E-state index in [1.807, 2.05) is 77.2 Å². The number of carbonyl (C=O) groups is 1. The van der Waals surface area contributed by atoms with Crippen molar-refractivity contribution < 1.29 is 14.3 Å². The van der Waals surface area contributed by atoms with Crippen molar-refractivity contribution in [3.8, 4) is 17.2 Å². The van der Waals surface area contributed by atoms with Gasteiger partial charge < -0.3 is 14.4 Å². The number of nitrogens with zero attached hydrogens (tertiary/aromatic N) is 4. The summed E-state index contributed by atoms with van der Waals surface area (Å²) in [5, 5.41) is 5.71. The molecule has 0 spiro atoms. The first-order valence-corrected chi connectivity index (χ1v) is 11.8. The number of para-hydroxylation sites is 1. The summed E-state index contributed by atoms with van der Waals surface area (Å²) in [7, 11) is 1.65. The average Bonchev–Trinajstić information content (AvgIpc) is 3.44. The molecule has 5 rings (SSSR count). The number of rotatable bonds is 6. The highest BCUT2D eigenvalue weighted by atomic mass is 32.1. The minimum atomic E-state index is 0.0888. The van der Waals surface area contributed by atoms with E-state index >= 15 is 0 Å². The predicted molar refractivity (Wildman–Crippen MR) is 130 cm³/mol. The number of hydrogen-bond acceptors (Lipinski definition) is 6. The van der Waals surface area contributed by atoms with E-state index in [2.05, 4.69) is 10.00 Å². The molecule has 3 heterocycles. The predicted octanol–water partition coefficient (Wildman–Crippen LogP) is 4.20. The molecule has 1 fully saturated rings. The van der Waals surface area contributed by atoms with Crippen LogP contribution in [0.3, 0.4) is 0 Å². The summed E-state index contributed by atoms with van der Waals surface area (Å²) in [5.41, 5.74) is 1.94. The van der Waals surface area contributed by atoms with Crippen molar-refractivity contribution in [3.05, 3.63) is 71.2 Å². The van der Waals surface area contributed by atoms with E-state index in [1.54, 1.807) is 7.11 Å². The first-order chi connectivity index (χ1) is 16.1. The van der Waals surface area contributed by atoms with Crippen molar-refractivity contribution in [1.29, 1.82) is 0 Å². The van der Waals surface area contributed by atoms with Crippen LogP contribution in [0.4, 0.5) is 0 Å². The fourth-order valence-corrected chi connectivity index (χ4v) is 5.12. The van der Waals surface area contributed by atoms with Crippen molar-refractivity contribution in [2.75, 3.05) is 40.0 Å². The minimum absolute atomic E-state index is 0.0888. The monoisotopic (exact) mass is 462 g/mol. The van der Waals surface area contributed by atoms with Gasteiger partial charge in [0.25, 0.3) is 5.91 Å². The normalized spacial score (nSPS) is 14.5. The van der Waals surface area contributed by atoms with Crippen molar-refractivity contribution in [3.63, 3.8) is 0 Å². The fraction of sp³-hybridized carbons (Fsp3) is 0.280. The zero-order chi connectivity index (χ0) is 22.8. The molecule has 0 unspecified atom stereocenters. The molecule has 0 atom stereocenters. The Morgan fingerprint density at radius 3 is 2.39 bits per heavy atom. The van der Waals surface area contributed by atoms with Gasteiger partial charge >= 0.3 is 0 Å². The molecule has 1 aliphatic heterocycles. The number of piperazine rings is 1. The van der Waals surface area contributed by atoms with E-state index in [1.165, 1.54) is 11.3 Å². The molecular formula is C25H26N4O3S. The van der Waals surface area contributed by atoms with Gasteiger partial charge in [0.15, 0.2) is 0 Å². The lowest BCUT2D eigenvalue weighted by atomic mass is 10.2. The van der Waals surface area contributed by atoms with E-state index in [0.29, 0.717) is 19.8 Å². The van der Waals surface area contributed by atoms with Gasteiger partial charge in [-0.15, -0.1) is 11.3 Å². The molecule has 1 aliphatic rings. The highest BCUT2D eigenvalue weighted by Gasteiger charge is 2.25. The number of amides is 1. The van der Waals surface area contributed by atoms with Gasteiger partial charge in [0.2, 0.25) is 0 Å². The SMILES string of the molecule is COc1ccc(OCN2CCN(C(=O)c3cc4c(C)nn(-c5ccccc5)c4s3)CC2)cc1. The lowest BCUT2D eigenvalue weighted by Crippen LogP contribution is -2.49. The van der Waals surface area contributed by atoms with Crippen molar-refractivity contribution in [2.24, 2.45) is 0 Å². The Kier molecular flexibility index (Phi) is 6.02. The zero-order valence-electron chi connectivity index (χ0n) is 18.7. The number of fused-ring (bicyclic) bond motifs is 1. The highest BCUT2D eigenvalue weighted by molar-refractivity contribution is 7.20. The van der Waals surface area contributed by atoms with Crippen LogP contribution in [-0.4, -0.2) is 65.5 Å². The van der Waals surface area contributed by atoms with E-state index < -0.39 is 0 Å². The molecule has 4 aromatic rings. The number of aryl methyl sites for hydroxylation is 1. The van der Waals surface area contributed by atoms with E-state index in [0.717, 1.165) is 51.1 Å². The van der Waals surface area contributed by atoms with Crippen molar-refractivity contribution in [1.82, 2.24) is 19.6 Å². The topological polar surface area (TPSA) is 59.8 Å². The molecule has 1 saturated heterocycles. The number of thiophene rings is 1. The average molecular weight is 463 g/mol. The standard InChI is InChI=1S/C25H26N4O3S/c1-18-22-16-23(33-25(22)29(26-18)19-6-4-3-5-7-19)24(30)28-14-12-27(13-15-28)17-32-21-10-8-20(31-2)9-11-21/h3-11,16H,12-15,17H2,1-2H3. The van der Waals surface area contributed by atoms with E-state index in [4.69, 9.17) is 9.47 Å². The molecule has 7 nitrogen and oxygen atoms in total. The third-order valence-electron chi connectivity index (χ3n) is 5.89. The third kappa shape index (κ3) is 4.44. The third-order valence-corrected chi connectivity index (χ3v) is 6.99. The summed E-state index contributed by atoms with van der Waals surface area (Å²) in [6.45, 7) is 5.42. The Morgan fingerprint density at radius 2 is 1.70 bits per heavy atom. The van der Waals surface area contributed by atoms with Gasteiger partial charge in [0.05, 0.1) is 23.4 Å². The second-order valence-corrected chi connectivity index (χ2v) is 9.05. The second-order valence-electron chi connectivity index (χ2n) is 8.02. The largest absolute Gasteiger partial charge is 0.497 e. The number of benzene rings is 2. The van der Waals surface area contributed by atoms with Crippen LogP contribution >= 0.6 is 11.3 Å². The van der Waals surface area contributed by atoms with Crippen LogP contribution in [0.2, 0.25) is 0 Å². The Bertz CT molecular complexity index is 1240. The molecule has 0 bridgehead atoms. The summed E-state index contributed by atoms with van der Waals surface area (Å²) in [6.07, 6.45) is 0. The molecule has 8 heteroatoms. The minimum Gasteiger partial charge on any atom is -0.497 e. The lowest BCUT2D eigenvalue weighted by Gasteiger charge is -2.34. The van der Waals surface area contributed by atoms with Crippen LogP contribution in [0.1, 0.15) is 15.4 Å². The molecule has 1 amide bonds. The van der Waals surface area contributed by atoms with Gasteiger partial charge in [-0.05, 0) is 49.4 Å². The lowest BCUT2D eigenvalue weighted by molar-refractivity contribution is 0.0485. The van der Waals surface area contributed by atoms with Gasteiger partial charge in [0.1, 0.15) is 23.1 Å². The quantitative estimate of drug-likeness (QED) is 0.430. The van der Waals surface area contributed by atoms with E-state index in [-0.39, 0.29) is 5.91 Å². The van der Waals surface area contributed by atoms with Crippen LogP contribution in [-0.2, 0) is 0 Å². The van der Waals surface area contributed by atoms with Crippen LogP contribution in [0.15, 0.2) is 60.7 Å². The molecule has 2 aromatic carbocycles. The number of aromatic nitrogens is 2. The van der Waals surface area contributed by atoms with Crippen molar-refractivity contribution >= 4 is 27.5 Å². The molecule has 0 radical (unpaired) electrons. The first kappa shape index (κ1) is 21.5. The Balaban J connectivity index is 1.22. The Hall–Kier alpha value is -3.36. The molecule has 2 aromatic heterocycles. The van der Waals surface area contributed by atoms with Crippen molar-refractivity contribution in [2.45, 2.75) is 6.92 Å². The zero-order valence-corrected chi connectivity index (χ0v) is 19.5. The molecule has 0 aliphatic carbocycles. The number of ether oxygens (including phenoxy) is 2. The molecule has 170 valence electrons. The smallest absolute Gasteiger partial charge is 0.264 e. The molecule has 0 N–H and O–H groups in total. The second kappa shape index (κ2) is 9.25. The molecule has 0 saturated carbocycles. The van der Waals surface area contributed by atoms with Gasteiger partial charge in [-0.2, -0.15) is 5.10 Å². The number of methoxy groups -OCH3 is 1. The first-order valence-electron chi connectivity index (χ1n) is 11.0. The highest BCUT2D eigenvalue weighted by Crippen LogP contribution is 2.31. The fourth-order valence-electron chi connectivity index (χ4n) is 3.97. The maximum atomic E-state index is 13.2. The summed E-state index contributed by atoms with van der Waals surface area (Å²) in [4.78, 5) is 19.1. The summed E-state index contributed by atoms with van der Waals surface area (Å²) >= 11 is 1.51. The number of hydrogen-bond donors (Lipinski definition) is 0. The summed E-state index contributed by atoms with van der Waals surface area (Å²) < 4.78 is 13.0. The van der Waals surface area contributed by atoms with Crippen LogP contribution in [0.25, 0.3) is 15.9 Å². The van der Waals surface area contributed by atoms with Gasteiger partial charge in [-0.3, -0.25) is 9.69 Å². The summed E-state index contributed by atoms with van der Waals surface area (Å²) in [5.74, 6) is 1.70. The Labute approximate surface area is 196 Å². The maximum Gasteiger partial charge on any atom is 0.264 e. The van der Waals surface area contributed by atoms with Gasteiger partial charge in [-0.1, -0.05) is 18.2 Å².